The molecule has 0 radical (unpaired) electrons. The van der Waals surface area contributed by atoms with Gasteiger partial charge >= 0.3 is 19.8 Å². The van der Waals surface area contributed by atoms with Crippen LogP contribution in [-0.4, -0.2) is 68.3 Å². The number of rotatable bonds is 38. The average molecular weight is 816 g/mol. The number of hydrogen-bond acceptors (Lipinski definition) is 8. The summed E-state index contributed by atoms with van der Waals surface area (Å²) in [6.07, 6.45) is 51.6. The van der Waals surface area contributed by atoms with Crippen LogP contribution in [0.4, 0.5) is 0 Å². The normalized spacial score (nSPS) is 14.4. The van der Waals surface area contributed by atoms with Crippen molar-refractivity contribution >= 4 is 19.8 Å². The van der Waals surface area contributed by atoms with Gasteiger partial charge in [-0.05, 0) is 104 Å². The molecule has 324 valence electrons. The number of carbonyl (C=O) groups is 2. The summed E-state index contributed by atoms with van der Waals surface area (Å²) in [6, 6.07) is 0. The van der Waals surface area contributed by atoms with Crippen molar-refractivity contribution in [2.75, 3.05) is 40.5 Å². The first-order chi connectivity index (χ1) is 27.7. The van der Waals surface area contributed by atoms with Crippen LogP contribution < -0.4 is 0 Å². The number of ether oxygens (including phenoxy) is 2. The molecule has 0 aliphatic rings. The highest BCUT2D eigenvalue weighted by molar-refractivity contribution is 7.47. The molecule has 0 fully saturated rings. The Hall–Kier alpha value is -3.07. The maximum absolute atomic E-state index is 12.7. The fourth-order valence-corrected chi connectivity index (χ4v) is 5.88. The number of esters is 2. The second kappa shape index (κ2) is 41.1. The van der Waals surface area contributed by atoms with E-state index in [0.29, 0.717) is 19.4 Å². The summed E-state index contributed by atoms with van der Waals surface area (Å²) < 4.78 is 33.4. The van der Waals surface area contributed by atoms with Crippen LogP contribution in [-0.2, 0) is 32.7 Å². The van der Waals surface area contributed by atoms with Crippen LogP contribution in [0.2, 0.25) is 0 Å². The summed E-state index contributed by atoms with van der Waals surface area (Å²) in [5, 5.41) is 0. The minimum atomic E-state index is -4.38. The van der Waals surface area contributed by atoms with Crippen LogP contribution in [0, 0.1) is 0 Å². The topological polar surface area (TPSA) is 112 Å². The molecule has 0 saturated carbocycles. The number of hydrogen-bond donors (Lipinski definition) is 1. The molecule has 0 heterocycles. The molecule has 1 N–H and O–H groups in total. The lowest BCUT2D eigenvalue weighted by Crippen LogP contribution is -2.29. The summed E-state index contributed by atoms with van der Waals surface area (Å²) in [6.45, 7) is 4.01. The molecular weight excluding hydrogens is 737 g/mol. The van der Waals surface area contributed by atoms with E-state index >= 15 is 0 Å². The van der Waals surface area contributed by atoms with Crippen molar-refractivity contribution in [3.63, 3.8) is 0 Å². The van der Waals surface area contributed by atoms with Crippen molar-refractivity contribution in [2.45, 2.75) is 148 Å². The number of phosphoric ester groups is 1. The van der Waals surface area contributed by atoms with Crippen molar-refractivity contribution in [2.24, 2.45) is 0 Å². The molecule has 57 heavy (non-hydrogen) atoms. The molecule has 0 aromatic heterocycles. The highest BCUT2D eigenvalue weighted by Crippen LogP contribution is 2.43. The molecule has 0 rings (SSSR count). The van der Waals surface area contributed by atoms with Crippen molar-refractivity contribution in [3.8, 4) is 0 Å². The highest BCUT2D eigenvalue weighted by atomic mass is 31.2. The monoisotopic (exact) mass is 816 g/mol. The van der Waals surface area contributed by atoms with Gasteiger partial charge in [0.05, 0.1) is 13.2 Å². The lowest BCUT2D eigenvalue weighted by Gasteiger charge is -2.20. The van der Waals surface area contributed by atoms with Crippen LogP contribution in [0.15, 0.2) is 97.2 Å². The molecule has 2 unspecified atom stereocenters. The summed E-state index contributed by atoms with van der Waals surface area (Å²) in [7, 11) is -0.753. The molecule has 0 aliphatic carbocycles. The Morgan fingerprint density at radius 3 is 1.39 bits per heavy atom. The molecule has 0 aromatic rings. The van der Waals surface area contributed by atoms with Crippen LogP contribution in [0.1, 0.15) is 142 Å². The Kier molecular flexibility index (Phi) is 38.9. The molecular formula is C47H78NO8P. The number of phosphoric acid groups is 1. The van der Waals surface area contributed by atoms with Crippen molar-refractivity contribution in [1.82, 2.24) is 4.90 Å². The third-order valence-electron chi connectivity index (χ3n) is 8.39. The summed E-state index contributed by atoms with van der Waals surface area (Å²) in [5.41, 5.74) is 0. The molecule has 0 saturated heterocycles. The van der Waals surface area contributed by atoms with Gasteiger partial charge in [0.1, 0.15) is 6.61 Å². The van der Waals surface area contributed by atoms with Gasteiger partial charge in [0.2, 0.25) is 0 Å². The lowest BCUT2D eigenvalue weighted by atomic mass is 10.1. The molecule has 2 atom stereocenters. The second-order valence-corrected chi connectivity index (χ2v) is 15.6. The number of carbonyl (C=O) groups excluding carboxylic acids is 2. The van der Waals surface area contributed by atoms with Gasteiger partial charge in [-0.15, -0.1) is 0 Å². The zero-order valence-electron chi connectivity index (χ0n) is 36.0. The molecule has 0 aliphatic heterocycles. The van der Waals surface area contributed by atoms with Gasteiger partial charge in [-0.25, -0.2) is 4.57 Å². The Balaban J connectivity index is 4.41. The summed E-state index contributed by atoms with van der Waals surface area (Å²) >= 11 is 0. The third kappa shape index (κ3) is 42.4. The van der Waals surface area contributed by atoms with Gasteiger partial charge < -0.3 is 19.3 Å². The van der Waals surface area contributed by atoms with E-state index < -0.39 is 32.5 Å². The van der Waals surface area contributed by atoms with Crippen LogP contribution in [0.3, 0.4) is 0 Å². The van der Waals surface area contributed by atoms with Crippen molar-refractivity contribution in [3.05, 3.63) is 97.2 Å². The van der Waals surface area contributed by atoms with Gasteiger partial charge in [0.25, 0.3) is 0 Å². The SMILES string of the molecule is CC/C=C\C/C=C\C/C=C\C/C=C\CCCCCCC(=O)OCC(COP(=O)(O)OCCN(C)C)OC(=O)CCCCCC/C=C\C/C=C\C/C=C\C/C=C\CC. The molecule has 10 heteroatoms. The number of likely N-dealkylation sites (N-methyl/N-ethyl adjacent to an activating group) is 1. The molecule has 0 bridgehead atoms. The van der Waals surface area contributed by atoms with Gasteiger partial charge in [-0.1, -0.05) is 137 Å². The number of allylic oxidation sites excluding steroid dienone is 16. The summed E-state index contributed by atoms with van der Waals surface area (Å²) in [4.78, 5) is 37.0. The van der Waals surface area contributed by atoms with Crippen molar-refractivity contribution < 1.29 is 37.6 Å². The predicted molar refractivity (Wildman–Crippen MR) is 238 cm³/mol. The largest absolute Gasteiger partial charge is 0.472 e. The van der Waals surface area contributed by atoms with E-state index in [0.717, 1.165) is 103 Å². The molecule has 0 amide bonds. The predicted octanol–water partition coefficient (Wildman–Crippen LogP) is 12.4. The standard InChI is InChI=1S/C47H78NO8P/c1-5-7-9-11-13-15-17-19-21-23-25-27-29-31-33-35-37-39-46(49)53-43-45(44-55-57(51,52)54-42-41-48(3)4)56-47(50)40-38-36-34-32-30-28-26-24-22-20-18-16-14-12-10-8-6-2/h7-10,13-16,19-22,25-28,45H,5-6,11-12,17-18,23-24,29-44H2,1-4H3,(H,51,52)/b9-7-,10-8-,15-13-,16-14-,21-19-,22-20-,27-25-,28-26-. The number of unbranched alkanes of at least 4 members (excludes halogenated alkanes) is 8. The first kappa shape index (κ1) is 53.9. The van der Waals surface area contributed by atoms with Gasteiger partial charge in [0.15, 0.2) is 6.10 Å². The first-order valence-electron chi connectivity index (χ1n) is 21.5. The van der Waals surface area contributed by atoms with Crippen LogP contribution in [0.25, 0.3) is 0 Å². The molecule has 0 aromatic carbocycles. The minimum absolute atomic E-state index is 0.00799. The van der Waals surface area contributed by atoms with E-state index in [-0.39, 0.29) is 26.1 Å². The molecule has 0 spiro atoms. The van der Waals surface area contributed by atoms with E-state index in [9.17, 15) is 19.0 Å². The lowest BCUT2D eigenvalue weighted by molar-refractivity contribution is -0.161. The Morgan fingerprint density at radius 1 is 0.544 bits per heavy atom. The third-order valence-corrected chi connectivity index (χ3v) is 9.37. The van der Waals surface area contributed by atoms with E-state index in [2.05, 4.69) is 111 Å². The fraction of sp³-hybridized carbons (Fsp3) is 0.617. The zero-order chi connectivity index (χ0) is 41.9. The Morgan fingerprint density at radius 2 is 0.947 bits per heavy atom. The van der Waals surface area contributed by atoms with E-state index in [1.54, 1.807) is 4.90 Å². The van der Waals surface area contributed by atoms with Crippen LogP contribution >= 0.6 is 7.82 Å². The van der Waals surface area contributed by atoms with E-state index in [4.69, 9.17) is 18.5 Å². The van der Waals surface area contributed by atoms with E-state index in [1.165, 1.54) is 0 Å². The van der Waals surface area contributed by atoms with Gasteiger partial charge in [-0.2, -0.15) is 0 Å². The quantitative estimate of drug-likeness (QED) is 0.0282. The second-order valence-electron chi connectivity index (χ2n) is 14.1. The average Bonchev–Trinajstić information content (AvgIpc) is 3.18. The zero-order valence-corrected chi connectivity index (χ0v) is 36.9. The number of nitrogens with zero attached hydrogens (tertiary/aromatic N) is 1. The first-order valence-corrected chi connectivity index (χ1v) is 23.0. The maximum Gasteiger partial charge on any atom is 0.472 e. The summed E-state index contributed by atoms with van der Waals surface area (Å²) in [5.74, 6) is -0.870. The molecule has 9 nitrogen and oxygen atoms in total. The Labute approximate surface area is 347 Å². The fourth-order valence-electron chi connectivity index (χ4n) is 5.14. The smallest absolute Gasteiger partial charge is 0.462 e. The van der Waals surface area contributed by atoms with Gasteiger partial charge in [-0.3, -0.25) is 18.6 Å². The highest BCUT2D eigenvalue weighted by Gasteiger charge is 2.26. The minimum Gasteiger partial charge on any atom is -0.462 e. The van der Waals surface area contributed by atoms with Gasteiger partial charge in [0, 0.05) is 19.4 Å². The Bertz CT molecular complexity index is 1260. The van der Waals surface area contributed by atoms with E-state index in [1.807, 2.05) is 14.1 Å². The van der Waals surface area contributed by atoms with Crippen LogP contribution in [0.5, 0.6) is 0 Å². The maximum atomic E-state index is 12.7. The van der Waals surface area contributed by atoms with Crippen molar-refractivity contribution in [1.29, 1.82) is 0 Å².